The Kier molecular flexibility index (Phi) is 5.72. The summed E-state index contributed by atoms with van der Waals surface area (Å²) in [6.45, 7) is 0. The number of H-pyrrole nitrogens is 1. The van der Waals surface area contributed by atoms with Gasteiger partial charge in [0, 0.05) is 28.0 Å². The maximum atomic E-state index is 12.3. The minimum Gasteiger partial charge on any atom is -0.465 e. The van der Waals surface area contributed by atoms with Gasteiger partial charge in [0.25, 0.3) is 0 Å². The summed E-state index contributed by atoms with van der Waals surface area (Å²) in [5, 5.41) is 16.5. The van der Waals surface area contributed by atoms with Crippen LogP contribution in [-0.4, -0.2) is 27.2 Å². The highest BCUT2D eigenvalue weighted by Gasteiger charge is 2.08. The van der Waals surface area contributed by atoms with E-state index < -0.39 is 6.09 Å². The summed E-state index contributed by atoms with van der Waals surface area (Å²) >= 11 is 3.36. The molecule has 0 spiro atoms. The minimum atomic E-state index is -1.20. The van der Waals surface area contributed by atoms with E-state index in [1.165, 1.54) is 0 Å². The van der Waals surface area contributed by atoms with Crippen LogP contribution in [0.4, 0.5) is 26.9 Å². The monoisotopic (exact) mass is 481 g/mol. The van der Waals surface area contributed by atoms with Crippen molar-refractivity contribution >= 4 is 56.4 Å². The second kappa shape index (κ2) is 8.76. The average molecular weight is 482 g/mol. The van der Waals surface area contributed by atoms with Gasteiger partial charge in [-0.1, -0.05) is 28.1 Å². The molecular formula is C21H16BrN5O4. The van der Waals surface area contributed by atoms with E-state index in [2.05, 4.69) is 41.8 Å². The molecule has 0 radical (unpaired) electrons. The van der Waals surface area contributed by atoms with E-state index in [4.69, 9.17) is 9.84 Å². The van der Waals surface area contributed by atoms with Crippen LogP contribution >= 0.6 is 15.9 Å². The number of nitrogens with one attached hydrogen (secondary N) is 4. The number of amides is 3. The number of anilines is 3. The Labute approximate surface area is 184 Å². The van der Waals surface area contributed by atoms with Gasteiger partial charge in [0.2, 0.25) is 5.95 Å². The van der Waals surface area contributed by atoms with Crippen molar-refractivity contribution in [3.05, 3.63) is 71.2 Å². The summed E-state index contributed by atoms with van der Waals surface area (Å²) in [7, 11) is 0. The third-order valence-corrected chi connectivity index (χ3v) is 4.58. The maximum Gasteiger partial charge on any atom is 0.411 e. The molecule has 0 fully saturated rings. The maximum absolute atomic E-state index is 12.3. The first-order valence-corrected chi connectivity index (χ1v) is 9.85. The first-order valence-electron chi connectivity index (χ1n) is 9.06. The highest BCUT2D eigenvalue weighted by atomic mass is 79.9. The first kappa shape index (κ1) is 20.2. The number of aromatic nitrogens is 2. The third-order valence-electron chi connectivity index (χ3n) is 4.09. The third kappa shape index (κ3) is 5.31. The molecule has 156 valence electrons. The molecule has 0 atom stereocenters. The molecule has 9 nitrogen and oxygen atoms in total. The molecule has 0 aliphatic heterocycles. The zero-order valence-corrected chi connectivity index (χ0v) is 17.4. The van der Waals surface area contributed by atoms with Gasteiger partial charge in [-0.2, -0.15) is 0 Å². The van der Waals surface area contributed by atoms with E-state index in [-0.39, 0.29) is 12.0 Å². The van der Waals surface area contributed by atoms with Crippen LogP contribution in [0, 0.1) is 0 Å². The Bertz CT molecular complexity index is 1270. The first-order chi connectivity index (χ1) is 14.9. The van der Waals surface area contributed by atoms with Crippen LogP contribution < -0.4 is 20.7 Å². The van der Waals surface area contributed by atoms with Gasteiger partial charge in [-0.3, -0.25) is 5.32 Å². The molecular weight excluding hydrogens is 466 g/mol. The summed E-state index contributed by atoms with van der Waals surface area (Å²) < 4.78 is 6.73. The summed E-state index contributed by atoms with van der Waals surface area (Å²) in [6, 6.07) is 19.0. The molecule has 10 heteroatoms. The number of fused-ring (bicyclic) bond motifs is 1. The Balaban J connectivity index is 1.44. The number of urea groups is 1. The largest absolute Gasteiger partial charge is 0.465 e. The van der Waals surface area contributed by atoms with Crippen molar-refractivity contribution in [1.82, 2.24) is 9.97 Å². The van der Waals surface area contributed by atoms with Gasteiger partial charge in [0.05, 0.1) is 11.0 Å². The van der Waals surface area contributed by atoms with E-state index in [1.54, 1.807) is 54.6 Å². The number of halogens is 1. The minimum absolute atomic E-state index is 0.127. The number of imidazole rings is 1. The molecule has 4 aromatic rings. The second-order valence-corrected chi connectivity index (χ2v) is 7.33. The Morgan fingerprint density at radius 3 is 2.35 bits per heavy atom. The lowest BCUT2D eigenvalue weighted by atomic mass is 10.3. The highest BCUT2D eigenvalue weighted by molar-refractivity contribution is 9.10. The zero-order valence-electron chi connectivity index (χ0n) is 15.8. The fraction of sp³-hybridized carbons (Fsp3) is 0. The molecule has 1 aromatic heterocycles. The van der Waals surface area contributed by atoms with Crippen molar-refractivity contribution in [2.24, 2.45) is 0 Å². The van der Waals surface area contributed by atoms with Crippen LogP contribution in [0.1, 0.15) is 0 Å². The van der Waals surface area contributed by atoms with Gasteiger partial charge in [-0.15, -0.1) is 0 Å². The predicted octanol–water partition coefficient (Wildman–Crippen LogP) is 5.85. The molecule has 4 rings (SSSR count). The molecule has 0 saturated heterocycles. The van der Waals surface area contributed by atoms with Crippen molar-refractivity contribution < 1.29 is 19.4 Å². The number of hydrogen-bond donors (Lipinski definition) is 5. The van der Waals surface area contributed by atoms with Crippen molar-refractivity contribution in [3.63, 3.8) is 0 Å². The second-order valence-electron chi connectivity index (χ2n) is 6.41. The number of carbonyl (C=O) groups excluding carboxylic acids is 1. The van der Waals surface area contributed by atoms with Gasteiger partial charge < -0.3 is 25.5 Å². The van der Waals surface area contributed by atoms with Crippen LogP contribution in [-0.2, 0) is 0 Å². The molecule has 0 unspecified atom stereocenters. The molecule has 1 heterocycles. The number of nitrogens with zero attached hydrogens (tertiary/aromatic N) is 1. The summed E-state index contributed by atoms with van der Waals surface area (Å²) in [5.41, 5.74) is 2.42. The van der Waals surface area contributed by atoms with Gasteiger partial charge in [-0.25, -0.2) is 14.6 Å². The predicted molar refractivity (Wildman–Crippen MR) is 121 cm³/mol. The molecule has 0 aliphatic rings. The number of carbonyl (C=O) groups is 2. The summed E-state index contributed by atoms with van der Waals surface area (Å²) in [5.74, 6) is 1.17. The topological polar surface area (TPSA) is 128 Å². The number of hydrogen-bond acceptors (Lipinski definition) is 4. The normalized spacial score (nSPS) is 10.5. The van der Waals surface area contributed by atoms with Crippen molar-refractivity contribution in [1.29, 1.82) is 0 Å². The van der Waals surface area contributed by atoms with Gasteiger partial charge >= 0.3 is 12.1 Å². The summed E-state index contributed by atoms with van der Waals surface area (Å²) in [6.07, 6.45) is -1.20. The highest BCUT2D eigenvalue weighted by Crippen LogP contribution is 2.27. The van der Waals surface area contributed by atoms with E-state index >= 15 is 0 Å². The Morgan fingerprint density at radius 1 is 0.903 bits per heavy atom. The van der Waals surface area contributed by atoms with Crippen molar-refractivity contribution in [2.45, 2.75) is 0 Å². The Hall–Kier alpha value is -4.05. The molecule has 31 heavy (non-hydrogen) atoms. The van der Waals surface area contributed by atoms with Crippen LogP contribution in [0.15, 0.2) is 71.2 Å². The van der Waals surface area contributed by atoms with E-state index in [1.807, 2.05) is 12.1 Å². The lowest BCUT2D eigenvalue weighted by Crippen LogP contribution is -2.19. The standard InChI is InChI=1S/C21H16BrN5O4/c22-12-3-1-4-13(9-12)23-20(28)24-14-5-2-6-15(10-14)31-16-7-8-17-18(11-16)26-19(25-17)27-21(29)30/h1-11H,(H,29,30)(H2,23,24,28)(H2,25,26,27). The molecule has 0 bridgehead atoms. The fourth-order valence-electron chi connectivity index (χ4n) is 2.85. The van der Waals surface area contributed by atoms with Crippen molar-refractivity contribution in [3.8, 4) is 11.5 Å². The molecule has 0 aliphatic carbocycles. The van der Waals surface area contributed by atoms with Crippen LogP contribution in [0.2, 0.25) is 0 Å². The molecule has 0 saturated carbocycles. The zero-order chi connectivity index (χ0) is 21.8. The Morgan fingerprint density at radius 2 is 1.61 bits per heavy atom. The lowest BCUT2D eigenvalue weighted by molar-refractivity contribution is 0.209. The quantitative estimate of drug-likeness (QED) is 0.244. The SMILES string of the molecule is O=C(O)Nc1nc2ccc(Oc3cccc(NC(=O)Nc4cccc(Br)c4)c3)cc2[nH]1. The number of rotatable bonds is 5. The summed E-state index contributed by atoms with van der Waals surface area (Å²) in [4.78, 5) is 30.0. The average Bonchev–Trinajstić information content (AvgIpc) is 3.09. The smallest absolute Gasteiger partial charge is 0.411 e. The number of aromatic amines is 1. The van der Waals surface area contributed by atoms with Crippen LogP contribution in [0.5, 0.6) is 11.5 Å². The number of carboxylic acid groups (broad SMARTS) is 1. The van der Waals surface area contributed by atoms with E-state index in [9.17, 15) is 9.59 Å². The molecule has 5 N–H and O–H groups in total. The van der Waals surface area contributed by atoms with Crippen LogP contribution in [0.3, 0.4) is 0 Å². The number of ether oxygens (including phenoxy) is 1. The van der Waals surface area contributed by atoms with Gasteiger partial charge in [-0.05, 0) is 42.5 Å². The van der Waals surface area contributed by atoms with E-state index in [0.29, 0.717) is 33.9 Å². The van der Waals surface area contributed by atoms with Gasteiger partial charge in [0.15, 0.2) is 0 Å². The van der Waals surface area contributed by atoms with E-state index in [0.717, 1.165) is 4.47 Å². The number of benzene rings is 3. The van der Waals surface area contributed by atoms with Gasteiger partial charge in [0.1, 0.15) is 11.5 Å². The van der Waals surface area contributed by atoms with Crippen molar-refractivity contribution in [2.75, 3.05) is 16.0 Å². The molecule has 3 amide bonds. The molecule has 3 aromatic carbocycles. The fourth-order valence-corrected chi connectivity index (χ4v) is 3.25. The van der Waals surface area contributed by atoms with Crippen LogP contribution in [0.25, 0.3) is 11.0 Å². The lowest BCUT2D eigenvalue weighted by Gasteiger charge is -2.10.